The first-order valence-corrected chi connectivity index (χ1v) is 13.4. The lowest BCUT2D eigenvalue weighted by Gasteiger charge is -2.11. The molecule has 1 atom stereocenters. The molecule has 2 N–H and O–H groups in total. The summed E-state index contributed by atoms with van der Waals surface area (Å²) in [6, 6.07) is 16.2. The third-order valence-electron chi connectivity index (χ3n) is 5.67. The molecule has 1 aromatic heterocycles. The molecule has 0 aliphatic rings. The molecule has 0 aliphatic heterocycles. The van der Waals surface area contributed by atoms with Crippen molar-refractivity contribution in [1.29, 1.82) is 0 Å². The number of ether oxygens (including phenoxy) is 2. The standard InChI is InChI=1S/C28H24F4N6O4S/c1-17(20-7-12-24(41-2)23(29)13-20)35-27(43-15-25(39)40)36-34-14-18-3-5-19(6-4-18)26-33-16-38(37-26)21-8-10-22(11-9-21)42-28(30,31)32/h3-14,16-17H,15H2,1-2H3,(H,35,36)(H,39,40)/b34-14+. The Labute approximate surface area is 247 Å². The van der Waals surface area contributed by atoms with Crippen LogP contribution in [0.5, 0.6) is 11.5 Å². The number of halogens is 4. The molecule has 3 aromatic carbocycles. The van der Waals surface area contributed by atoms with Crippen LogP contribution in [0.3, 0.4) is 0 Å². The molecule has 224 valence electrons. The van der Waals surface area contributed by atoms with Crippen LogP contribution in [0, 0.1) is 5.82 Å². The molecular formula is C28H24F4N6O4S. The van der Waals surface area contributed by atoms with Gasteiger partial charge in [-0.1, -0.05) is 42.1 Å². The lowest BCUT2D eigenvalue weighted by atomic mass is 10.1. The number of carboxylic acid groups (broad SMARTS) is 1. The minimum Gasteiger partial charge on any atom is -0.494 e. The van der Waals surface area contributed by atoms with E-state index in [0.717, 1.165) is 11.8 Å². The predicted octanol–water partition coefficient (Wildman–Crippen LogP) is 5.84. The normalized spacial score (nSPS) is 12.7. The maximum atomic E-state index is 14.1. The number of hydrogen-bond donors (Lipinski definition) is 2. The molecule has 0 amide bonds. The molecule has 0 fully saturated rings. The van der Waals surface area contributed by atoms with Crippen molar-refractivity contribution in [3.05, 3.63) is 90.0 Å². The van der Waals surface area contributed by atoms with Gasteiger partial charge in [-0.15, -0.1) is 18.3 Å². The first kappa shape index (κ1) is 31.0. The number of methoxy groups -OCH3 is 1. The van der Waals surface area contributed by atoms with Gasteiger partial charge < -0.3 is 14.6 Å². The van der Waals surface area contributed by atoms with Crippen LogP contribution in [0.2, 0.25) is 0 Å². The monoisotopic (exact) mass is 616 g/mol. The number of aliphatic carboxylic acids is 1. The third kappa shape index (κ3) is 9.03. The zero-order chi connectivity index (χ0) is 31.0. The van der Waals surface area contributed by atoms with Gasteiger partial charge in [0.25, 0.3) is 0 Å². The van der Waals surface area contributed by atoms with Crippen LogP contribution in [-0.2, 0) is 4.79 Å². The lowest BCUT2D eigenvalue weighted by Crippen LogP contribution is -2.17. The average molecular weight is 617 g/mol. The number of thioether (sulfide) groups is 1. The number of nitrogens with zero attached hydrogens (tertiary/aromatic N) is 5. The van der Waals surface area contributed by atoms with Gasteiger partial charge in [0.1, 0.15) is 12.1 Å². The number of aliphatic imine (C=N–C) groups is 1. The van der Waals surface area contributed by atoms with Gasteiger partial charge in [-0.3, -0.25) is 15.2 Å². The summed E-state index contributed by atoms with van der Waals surface area (Å²) >= 11 is 0.934. The summed E-state index contributed by atoms with van der Waals surface area (Å²) in [5.41, 5.74) is 5.19. The molecule has 15 heteroatoms. The van der Waals surface area contributed by atoms with Gasteiger partial charge in [0, 0.05) is 5.56 Å². The number of aromatic nitrogens is 3. The predicted molar refractivity (Wildman–Crippen MR) is 153 cm³/mol. The van der Waals surface area contributed by atoms with Gasteiger partial charge in [0.05, 0.1) is 30.8 Å². The number of hydrazone groups is 1. The van der Waals surface area contributed by atoms with E-state index in [9.17, 15) is 22.4 Å². The highest BCUT2D eigenvalue weighted by molar-refractivity contribution is 8.14. The molecule has 0 radical (unpaired) electrons. The second-order valence-corrected chi connectivity index (χ2v) is 9.70. The molecule has 4 rings (SSSR count). The summed E-state index contributed by atoms with van der Waals surface area (Å²) in [5.74, 6) is -1.68. The molecular weight excluding hydrogens is 592 g/mol. The number of benzene rings is 3. The van der Waals surface area contributed by atoms with Crippen LogP contribution >= 0.6 is 11.8 Å². The average Bonchev–Trinajstić information content (AvgIpc) is 3.46. The molecule has 0 saturated heterocycles. The minimum absolute atomic E-state index is 0.103. The van der Waals surface area contributed by atoms with Crippen LogP contribution in [0.1, 0.15) is 24.1 Å². The third-order valence-corrected chi connectivity index (χ3v) is 6.53. The van der Waals surface area contributed by atoms with Gasteiger partial charge >= 0.3 is 12.3 Å². The van der Waals surface area contributed by atoms with E-state index >= 15 is 0 Å². The van der Waals surface area contributed by atoms with Gasteiger partial charge in [-0.2, -0.15) is 5.10 Å². The fourth-order valence-corrected chi connectivity index (χ4v) is 4.23. The molecule has 43 heavy (non-hydrogen) atoms. The van der Waals surface area contributed by atoms with Crippen LogP contribution in [0.4, 0.5) is 17.6 Å². The first-order valence-electron chi connectivity index (χ1n) is 12.4. The highest BCUT2D eigenvalue weighted by atomic mass is 32.2. The van der Waals surface area contributed by atoms with Crippen LogP contribution in [0.15, 0.2) is 83.2 Å². The Morgan fingerprint density at radius 3 is 2.49 bits per heavy atom. The van der Waals surface area contributed by atoms with E-state index in [4.69, 9.17) is 9.84 Å². The van der Waals surface area contributed by atoms with Crippen LogP contribution < -0.4 is 14.9 Å². The Bertz CT molecular complexity index is 1610. The molecule has 0 saturated carbocycles. The zero-order valence-electron chi connectivity index (χ0n) is 22.6. The number of rotatable bonds is 10. The van der Waals surface area contributed by atoms with Crippen molar-refractivity contribution < 1.29 is 36.9 Å². The van der Waals surface area contributed by atoms with E-state index in [0.29, 0.717) is 28.2 Å². The van der Waals surface area contributed by atoms with E-state index in [1.807, 2.05) is 0 Å². The number of amidine groups is 1. The highest BCUT2D eigenvalue weighted by Crippen LogP contribution is 2.25. The number of nitrogens with one attached hydrogen (secondary N) is 1. The summed E-state index contributed by atoms with van der Waals surface area (Å²) in [6.07, 6.45) is -1.83. The largest absolute Gasteiger partial charge is 0.573 e. The van der Waals surface area contributed by atoms with Gasteiger partial charge in [-0.05, 0) is 54.4 Å². The minimum atomic E-state index is -4.78. The first-order chi connectivity index (χ1) is 20.5. The molecule has 0 aliphatic carbocycles. The maximum absolute atomic E-state index is 14.1. The summed E-state index contributed by atoms with van der Waals surface area (Å²) < 4.78 is 61.5. The fraction of sp³-hybridized carbons (Fsp3) is 0.179. The summed E-state index contributed by atoms with van der Waals surface area (Å²) in [7, 11) is 1.37. The summed E-state index contributed by atoms with van der Waals surface area (Å²) in [6.45, 7) is 1.74. The molecule has 1 unspecified atom stereocenters. The number of carbonyl (C=O) groups is 1. The van der Waals surface area contributed by atoms with Gasteiger partial charge in [0.2, 0.25) is 0 Å². The Morgan fingerprint density at radius 1 is 1.14 bits per heavy atom. The number of hydrogen-bond acceptors (Lipinski definition) is 8. The number of carboxylic acids is 1. The summed E-state index contributed by atoms with van der Waals surface area (Å²) in [4.78, 5) is 19.8. The topological polar surface area (TPSA) is 123 Å². The second kappa shape index (κ2) is 13.8. The summed E-state index contributed by atoms with van der Waals surface area (Å²) in [5, 5.41) is 17.8. The highest BCUT2D eigenvalue weighted by Gasteiger charge is 2.31. The van der Waals surface area contributed by atoms with Crippen LogP contribution in [-0.4, -0.2) is 56.4 Å². The quantitative estimate of drug-likeness (QED) is 0.0987. The maximum Gasteiger partial charge on any atom is 0.573 e. The van der Waals surface area contributed by atoms with E-state index in [2.05, 4.69) is 30.3 Å². The van der Waals surface area contributed by atoms with E-state index in [-0.39, 0.29) is 22.4 Å². The Balaban J connectivity index is 1.41. The van der Waals surface area contributed by atoms with Crippen molar-refractivity contribution in [2.75, 3.05) is 12.9 Å². The second-order valence-electron chi connectivity index (χ2n) is 8.73. The zero-order valence-corrected chi connectivity index (χ0v) is 23.4. The molecule has 4 aromatic rings. The van der Waals surface area contributed by atoms with Crippen molar-refractivity contribution in [2.45, 2.75) is 19.3 Å². The van der Waals surface area contributed by atoms with E-state index in [1.165, 1.54) is 60.7 Å². The van der Waals surface area contributed by atoms with Gasteiger partial charge in [-0.25, -0.2) is 14.1 Å². The lowest BCUT2D eigenvalue weighted by molar-refractivity contribution is -0.274. The van der Waals surface area contributed by atoms with E-state index < -0.39 is 24.2 Å². The smallest absolute Gasteiger partial charge is 0.494 e. The Morgan fingerprint density at radius 2 is 1.86 bits per heavy atom. The van der Waals surface area contributed by atoms with Crippen LogP contribution in [0.25, 0.3) is 17.1 Å². The Hall–Kier alpha value is -4.92. The fourth-order valence-electron chi connectivity index (χ4n) is 3.62. The van der Waals surface area contributed by atoms with E-state index in [1.54, 1.807) is 37.3 Å². The van der Waals surface area contributed by atoms with Crippen molar-refractivity contribution in [1.82, 2.24) is 20.2 Å². The molecule has 10 nitrogen and oxygen atoms in total. The van der Waals surface area contributed by atoms with Gasteiger partial charge in [0.15, 0.2) is 22.6 Å². The SMILES string of the molecule is COc1ccc(C(C)/N=C(/N/N=C/c2ccc(-c3ncn(-c4ccc(OC(F)(F)F)cc4)n3)cc2)SCC(=O)O)cc1F. The molecule has 0 spiro atoms. The van der Waals surface area contributed by atoms with Crippen molar-refractivity contribution in [3.63, 3.8) is 0 Å². The van der Waals surface area contributed by atoms with Crippen molar-refractivity contribution in [3.8, 4) is 28.6 Å². The Kier molecular flexibility index (Phi) is 9.98. The van der Waals surface area contributed by atoms with Crippen molar-refractivity contribution in [2.24, 2.45) is 10.1 Å². The number of alkyl halides is 3. The van der Waals surface area contributed by atoms with Crippen molar-refractivity contribution >= 4 is 29.1 Å². The molecule has 0 bridgehead atoms. The molecule has 1 heterocycles.